The molecular formula is C18H18FN. The number of benzene rings is 2. The van der Waals surface area contributed by atoms with Crippen LogP contribution >= 0.6 is 0 Å². The Kier molecular flexibility index (Phi) is 4.79. The van der Waals surface area contributed by atoms with Gasteiger partial charge in [-0.3, -0.25) is 0 Å². The highest BCUT2D eigenvalue weighted by molar-refractivity contribution is 5.29. The SMILES string of the molecule is C#CNC(C)Cc1ccc(Cc2ccc(F)cc2)cc1. The van der Waals surface area contributed by atoms with Crippen LogP contribution < -0.4 is 5.32 Å². The number of hydrogen-bond acceptors (Lipinski definition) is 1. The summed E-state index contributed by atoms with van der Waals surface area (Å²) in [6.45, 7) is 2.06. The minimum absolute atomic E-state index is 0.195. The summed E-state index contributed by atoms with van der Waals surface area (Å²) in [5.41, 5.74) is 3.59. The molecule has 0 radical (unpaired) electrons. The van der Waals surface area contributed by atoms with Crippen LogP contribution in [-0.2, 0) is 12.8 Å². The molecule has 1 unspecified atom stereocenters. The van der Waals surface area contributed by atoms with E-state index in [9.17, 15) is 4.39 Å². The lowest BCUT2D eigenvalue weighted by atomic mass is 10.0. The van der Waals surface area contributed by atoms with Crippen LogP contribution in [0.15, 0.2) is 48.5 Å². The van der Waals surface area contributed by atoms with Crippen LogP contribution in [0.4, 0.5) is 4.39 Å². The summed E-state index contributed by atoms with van der Waals surface area (Å²) in [4.78, 5) is 0. The molecule has 0 amide bonds. The molecule has 1 atom stereocenters. The zero-order valence-electron chi connectivity index (χ0n) is 11.6. The molecule has 1 N–H and O–H groups in total. The van der Waals surface area contributed by atoms with Crippen LogP contribution in [0.1, 0.15) is 23.6 Å². The van der Waals surface area contributed by atoms with Crippen molar-refractivity contribution in [3.63, 3.8) is 0 Å². The molecule has 0 saturated carbocycles. The van der Waals surface area contributed by atoms with Gasteiger partial charge in [0.1, 0.15) is 5.82 Å². The highest BCUT2D eigenvalue weighted by atomic mass is 19.1. The second-order valence-electron chi connectivity index (χ2n) is 5.01. The van der Waals surface area contributed by atoms with E-state index in [4.69, 9.17) is 6.42 Å². The smallest absolute Gasteiger partial charge is 0.123 e. The van der Waals surface area contributed by atoms with Crippen LogP contribution in [0.3, 0.4) is 0 Å². The van der Waals surface area contributed by atoms with Gasteiger partial charge in [-0.1, -0.05) is 42.8 Å². The Labute approximate surface area is 119 Å². The number of hydrogen-bond donors (Lipinski definition) is 1. The highest BCUT2D eigenvalue weighted by Crippen LogP contribution is 2.12. The van der Waals surface area contributed by atoms with Crippen molar-refractivity contribution >= 4 is 0 Å². The zero-order chi connectivity index (χ0) is 14.4. The molecule has 0 saturated heterocycles. The van der Waals surface area contributed by atoms with E-state index < -0.39 is 0 Å². The molecule has 0 aliphatic carbocycles. The maximum absolute atomic E-state index is 12.8. The van der Waals surface area contributed by atoms with Gasteiger partial charge in [-0.25, -0.2) is 4.39 Å². The molecule has 2 heteroatoms. The van der Waals surface area contributed by atoms with E-state index >= 15 is 0 Å². The Morgan fingerprint density at radius 1 is 1.00 bits per heavy atom. The molecule has 102 valence electrons. The summed E-state index contributed by atoms with van der Waals surface area (Å²) in [7, 11) is 0. The van der Waals surface area contributed by atoms with Gasteiger partial charge in [0, 0.05) is 12.1 Å². The maximum atomic E-state index is 12.8. The summed E-state index contributed by atoms with van der Waals surface area (Å²) in [6.07, 6.45) is 6.94. The Morgan fingerprint density at radius 3 is 2.05 bits per heavy atom. The third-order valence-electron chi connectivity index (χ3n) is 3.22. The summed E-state index contributed by atoms with van der Waals surface area (Å²) >= 11 is 0. The van der Waals surface area contributed by atoms with E-state index in [1.165, 1.54) is 23.3 Å². The molecular weight excluding hydrogens is 249 g/mol. The van der Waals surface area contributed by atoms with Crippen LogP contribution in [0, 0.1) is 18.3 Å². The van der Waals surface area contributed by atoms with Gasteiger partial charge in [-0.05, 0) is 48.6 Å². The van der Waals surface area contributed by atoms with Crippen LogP contribution in [0.25, 0.3) is 0 Å². The molecule has 0 heterocycles. The van der Waals surface area contributed by atoms with Crippen LogP contribution in [-0.4, -0.2) is 6.04 Å². The van der Waals surface area contributed by atoms with E-state index in [0.717, 1.165) is 18.4 Å². The first-order valence-corrected chi connectivity index (χ1v) is 6.71. The van der Waals surface area contributed by atoms with Crippen molar-refractivity contribution in [2.45, 2.75) is 25.8 Å². The number of halogens is 1. The van der Waals surface area contributed by atoms with Crippen LogP contribution in [0.2, 0.25) is 0 Å². The van der Waals surface area contributed by atoms with E-state index in [1.54, 1.807) is 0 Å². The Bertz CT molecular complexity index is 578. The van der Waals surface area contributed by atoms with Crippen molar-refractivity contribution in [3.8, 4) is 12.5 Å². The van der Waals surface area contributed by atoms with Gasteiger partial charge in [-0.2, -0.15) is 0 Å². The number of terminal acetylenes is 1. The van der Waals surface area contributed by atoms with Gasteiger partial charge < -0.3 is 5.32 Å². The van der Waals surface area contributed by atoms with Crippen molar-refractivity contribution < 1.29 is 4.39 Å². The standard InChI is InChI=1S/C18H18FN/c1-3-20-14(2)12-15-4-6-16(7-5-15)13-17-8-10-18(19)11-9-17/h1,4-11,14,20H,12-13H2,2H3. The fraction of sp³-hybridized carbons (Fsp3) is 0.222. The second-order valence-corrected chi connectivity index (χ2v) is 5.01. The quantitative estimate of drug-likeness (QED) is 0.645. The largest absolute Gasteiger partial charge is 0.343 e. The Morgan fingerprint density at radius 2 is 1.50 bits per heavy atom. The molecule has 2 rings (SSSR count). The van der Waals surface area contributed by atoms with Gasteiger partial charge >= 0.3 is 0 Å². The fourth-order valence-electron chi connectivity index (χ4n) is 2.18. The monoisotopic (exact) mass is 267 g/mol. The predicted octanol–water partition coefficient (Wildman–Crippen LogP) is 3.53. The van der Waals surface area contributed by atoms with E-state index in [1.807, 2.05) is 12.1 Å². The van der Waals surface area contributed by atoms with Gasteiger partial charge in [0.05, 0.1) is 0 Å². The molecule has 2 aromatic carbocycles. The average Bonchev–Trinajstić information content (AvgIpc) is 2.44. The third-order valence-corrected chi connectivity index (χ3v) is 3.22. The van der Waals surface area contributed by atoms with Gasteiger partial charge in [0.25, 0.3) is 0 Å². The fourth-order valence-corrected chi connectivity index (χ4v) is 2.18. The van der Waals surface area contributed by atoms with Crippen LogP contribution in [0.5, 0.6) is 0 Å². The third kappa shape index (κ3) is 4.13. The lowest BCUT2D eigenvalue weighted by molar-refractivity contribution is 0.627. The topological polar surface area (TPSA) is 12.0 Å². The first kappa shape index (κ1) is 14.1. The zero-order valence-corrected chi connectivity index (χ0v) is 11.6. The summed E-state index contributed by atoms with van der Waals surface area (Å²) in [6, 6.07) is 17.8. The molecule has 1 nitrogen and oxygen atoms in total. The predicted molar refractivity (Wildman–Crippen MR) is 80.8 cm³/mol. The maximum Gasteiger partial charge on any atom is 0.123 e. The van der Waals surface area contributed by atoms with Crippen molar-refractivity contribution in [1.82, 2.24) is 5.32 Å². The van der Waals surface area contributed by atoms with Gasteiger partial charge in [0.2, 0.25) is 0 Å². The minimum atomic E-state index is -0.195. The normalized spacial score (nSPS) is 11.7. The van der Waals surface area contributed by atoms with Crippen molar-refractivity contribution in [2.75, 3.05) is 0 Å². The molecule has 0 bridgehead atoms. The summed E-state index contributed by atoms with van der Waals surface area (Å²) < 4.78 is 12.8. The van der Waals surface area contributed by atoms with Gasteiger partial charge in [0.15, 0.2) is 0 Å². The highest BCUT2D eigenvalue weighted by Gasteiger charge is 2.02. The van der Waals surface area contributed by atoms with Gasteiger partial charge in [-0.15, -0.1) is 0 Å². The van der Waals surface area contributed by atoms with E-state index in [2.05, 4.69) is 42.6 Å². The number of rotatable bonds is 5. The summed E-state index contributed by atoms with van der Waals surface area (Å²) in [5.74, 6) is -0.195. The molecule has 0 aliphatic heterocycles. The minimum Gasteiger partial charge on any atom is -0.343 e. The van der Waals surface area contributed by atoms with E-state index in [-0.39, 0.29) is 11.9 Å². The van der Waals surface area contributed by atoms with Crippen molar-refractivity contribution in [1.29, 1.82) is 0 Å². The molecule has 2 aromatic rings. The van der Waals surface area contributed by atoms with Crippen molar-refractivity contribution in [2.24, 2.45) is 0 Å². The molecule has 0 spiro atoms. The molecule has 0 aromatic heterocycles. The molecule has 20 heavy (non-hydrogen) atoms. The molecule has 0 aliphatic rings. The number of nitrogens with one attached hydrogen (secondary N) is 1. The Balaban J connectivity index is 1.98. The average molecular weight is 267 g/mol. The van der Waals surface area contributed by atoms with E-state index in [0.29, 0.717) is 0 Å². The lowest BCUT2D eigenvalue weighted by Crippen LogP contribution is -2.22. The first-order valence-electron chi connectivity index (χ1n) is 6.71. The summed E-state index contributed by atoms with van der Waals surface area (Å²) in [5, 5.41) is 2.95. The van der Waals surface area contributed by atoms with Crippen molar-refractivity contribution in [3.05, 3.63) is 71.0 Å². The first-order chi connectivity index (χ1) is 9.67. The molecule has 0 fully saturated rings. The Hall–Kier alpha value is -2.27. The second kappa shape index (κ2) is 6.77. The lowest BCUT2D eigenvalue weighted by Gasteiger charge is -2.10.